The van der Waals surface area contributed by atoms with Crippen molar-refractivity contribution in [1.29, 1.82) is 0 Å². The van der Waals surface area contributed by atoms with E-state index in [4.69, 9.17) is 11.6 Å². The molecule has 0 bridgehead atoms. The zero-order valence-corrected chi connectivity index (χ0v) is 12.4. The fraction of sp³-hybridized carbons (Fsp3) is 0.250. The van der Waals surface area contributed by atoms with Gasteiger partial charge >= 0.3 is 0 Å². The van der Waals surface area contributed by atoms with Crippen LogP contribution in [0.25, 0.3) is 0 Å². The summed E-state index contributed by atoms with van der Waals surface area (Å²) in [6.45, 7) is 2.06. The lowest BCUT2D eigenvalue weighted by Crippen LogP contribution is -2.16. The Hall–Kier alpha value is -1.12. The molecule has 3 rings (SSSR count). The highest BCUT2D eigenvalue weighted by Gasteiger charge is 2.20. The zero-order valence-electron chi connectivity index (χ0n) is 10.8. The minimum Gasteiger partial charge on any atom is -0.377 e. The SMILES string of the molecule is Cc1ccc(NC2CCSc3ccccc32)c(Cl)c1. The van der Waals surface area contributed by atoms with E-state index in [1.54, 1.807) is 0 Å². The maximum atomic E-state index is 6.31. The Morgan fingerprint density at radius 2 is 2.05 bits per heavy atom. The molecular formula is C16H16ClNS. The Bertz CT molecular complexity index is 597. The van der Waals surface area contributed by atoms with Gasteiger partial charge in [-0.25, -0.2) is 0 Å². The van der Waals surface area contributed by atoms with Gasteiger partial charge in [-0.3, -0.25) is 0 Å². The molecule has 1 unspecified atom stereocenters. The molecule has 1 N–H and O–H groups in total. The van der Waals surface area contributed by atoms with E-state index in [2.05, 4.69) is 48.6 Å². The van der Waals surface area contributed by atoms with Crippen molar-refractivity contribution in [2.24, 2.45) is 0 Å². The number of rotatable bonds is 2. The molecule has 98 valence electrons. The van der Waals surface area contributed by atoms with Crippen molar-refractivity contribution in [2.45, 2.75) is 24.3 Å². The molecule has 1 aliphatic rings. The molecule has 1 aliphatic heterocycles. The van der Waals surface area contributed by atoms with Crippen LogP contribution < -0.4 is 5.32 Å². The first-order valence-electron chi connectivity index (χ1n) is 6.48. The van der Waals surface area contributed by atoms with Crippen molar-refractivity contribution in [3.63, 3.8) is 0 Å². The van der Waals surface area contributed by atoms with E-state index in [-0.39, 0.29) is 0 Å². The molecule has 0 saturated heterocycles. The van der Waals surface area contributed by atoms with E-state index in [9.17, 15) is 0 Å². The number of halogens is 1. The molecule has 0 radical (unpaired) electrons. The van der Waals surface area contributed by atoms with Crippen LogP contribution in [-0.4, -0.2) is 5.75 Å². The number of anilines is 1. The van der Waals surface area contributed by atoms with Gasteiger partial charge in [-0.1, -0.05) is 35.9 Å². The van der Waals surface area contributed by atoms with Gasteiger partial charge in [-0.2, -0.15) is 0 Å². The van der Waals surface area contributed by atoms with Gasteiger partial charge in [0.25, 0.3) is 0 Å². The molecule has 1 nitrogen and oxygen atoms in total. The van der Waals surface area contributed by atoms with E-state index < -0.39 is 0 Å². The molecule has 2 aromatic rings. The highest BCUT2D eigenvalue weighted by molar-refractivity contribution is 7.99. The monoisotopic (exact) mass is 289 g/mol. The van der Waals surface area contributed by atoms with Gasteiger partial charge in [0.2, 0.25) is 0 Å². The molecule has 3 heteroatoms. The Labute approximate surface area is 123 Å². The average molecular weight is 290 g/mol. The number of hydrogen-bond donors (Lipinski definition) is 1. The molecule has 0 aromatic heterocycles. The topological polar surface area (TPSA) is 12.0 Å². The number of aryl methyl sites for hydroxylation is 1. The first kappa shape index (κ1) is 12.9. The fourth-order valence-corrected chi connectivity index (χ4v) is 3.83. The van der Waals surface area contributed by atoms with Gasteiger partial charge in [-0.15, -0.1) is 11.8 Å². The highest BCUT2D eigenvalue weighted by atomic mass is 35.5. The number of hydrogen-bond acceptors (Lipinski definition) is 2. The lowest BCUT2D eigenvalue weighted by molar-refractivity contribution is 0.728. The summed E-state index contributed by atoms with van der Waals surface area (Å²) in [7, 11) is 0. The summed E-state index contributed by atoms with van der Waals surface area (Å²) >= 11 is 8.24. The molecule has 1 atom stereocenters. The maximum absolute atomic E-state index is 6.31. The highest BCUT2D eigenvalue weighted by Crippen LogP contribution is 2.38. The molecule has 0 spiro atoms. The quantitative estimate of drug-likeness (QED) is 0.805. The van der Waals surface area contributed by atoms with Crippen molar-refractivity contribution >= 4 is 29.1 Å². The third-order valence-corrected chi connectivity index (χ3v) is 4.85. The second-order valence-corrected chi connectivity index (χ2v) is 6.40. The van der Waals surface area contributed by atoms with Crippen molar-refractivity contribution in [2.75, 3.05) is 11.1 Å². The van der Waals surface area contributed by atoms with Crippen LogP contribution in [-0.2, 0) is 0 Å². The van der Waals surface area contributed by atoms with Crippen LogP contribution in [0.15, 0.2) is 47.4 Å². The Morgan fingerprint density at radius 3 is 2.89 bits per heavy atom. The standard InChI is InChI=1S/C16H16ClNS/c1-11-6-7-15(13(17)10-11)18-14-8-9-19-16-5-3-2-4-12(14)16/h2-7,10,14,18H,8-9H2,1H3. The van der Waals surface area contributed by atoms with Crippen molar-refractivity contribution in [3.05, 3.63) is 58.6 Å². The maximum Gasteiger partial charge on any atom is 0.0640 e. The predicted octanol–water partition coefficient (Wildman–Crippen LogP) is 5.30. The van der Waals surface area contributed by atoms with E-state index in [1.807, 2.05) is 17.8 Å². The molecule has 0 aliphatic carbocycles. The summed E-state index contributed by atoms with van der Waals surface area (Å²) in [5.41, 5.74) is 3.60. The Kier molecular flexibility index (Phi) is 3.72. The molecule has 19 heavy (non-hydrogen) atoms. The summed E-state index contributed by atoms with van der Waals surface area (Å²) in [6, 6.07) is 15.2. The van der Waals surface area contributed by atoms with E-state index in [0.717, 1.165) is 22.9 Å². The second kappa shape index (κ2) is 5.48. The first-order chi connectivity index (χ1) is 9.24. The van der Waals surface area contributed by atoms with Gasteiger partial charge < -0.3 is 5.32 Å². The van der Waals surface area contributed by atoms with Crippen LogP contribution in [0.2, 0.25) is 5.02 Å². The molecule has 0 fully saturated rings. The predicted molar refractivity (Wildman–Crippen MR) is 84.3 cm³/mol. The van der Waals surface area contributed by atoms with Crippen LogP contribution in [0, 0.1) is 6.92 Å². The molecular weight excluding hydrogens is 274 g/mol. The van der Waals surface area contributed by atoms with Gasteiger partial charge in [0, 0.05) is 10.6 Å². The van der Waals surface area contributed by atoms with E-state index >= 15 is 0 Å². The number of nitrogens with one attached hydrogen (secondary N) is 1. The number of benzene rings is 2. The Balaban J connectivity index is 1.88. The molecule has 0 amide bonds. The smallest absolute Gasteiger partial charge is 0.0640 e. The van der Waals surface area contributed by atoms with Crippen LogP contribution in [0.1, 0.15) is 23.6 Å². The van der Waals surface area contributed by atoms with E-state index in [1.165, 1.54) is 16.0 Å². The van der Waals surface area contributed by atoms with Gasteiger partial charge in [0.1, 0.15) is 0 Å². The lowest BCUT2D eigenvalue weighted by Gasteiger charge is -2.27. The minimum atomic E-state index is 0.359. The lowest BCUT2D eigenvalue weighted by atomic mass is 10.0. The van der Waals surface area contributed by atoms with Gasteiger partial charge in [0.05, 0.1) is 16.8 Å². The van der Waals surface area contributed by atoms with Crippen LogP contribution >= 0.6 is 23.4 Å². The third kappa shape index (κ3) is 2.75. The number of thioether (sulfide) groups is 1. The fourth-order valence-electron chi connectivity index (χ4n) is 2.42. The second-order valence-electron chi connectivity index (χ2n) is 4.86. The normalized spacial score (nSPS) is 17.9. The largest absolute Gasteiger partial charge is 0.377 e. The average Bonchev–Trinajstić information content (AvgIpc) is 2.42. The van der Waals surface area contributed by atoms with Crippen molar-refractivity contribution in [1.82, 2.24) is 0 Å². The number of fused-ring (bicyclic) bond motifs is 1. The summed E-state index contributed by atoms with van der Waals surface area (Å²) in [4.78, 5) is 1.38. The van der Waals surface area contributed by atoms with Crippen LogP contribution in [0.5, 0.6) is 0 Å². The molecule has 1 heterocycles. The van der Waals surface area contributed by atoms with Crippen molar-refractivity contribution in [3.8, 4) is 0 Å². The zero-order chi connectivity index (χ0) is 13.2. The van der Waals surface area contributed by atoms with Gasteiger partial charge in [0.15, 0.2) is 0 Å². The Morgan fingerprint density at radius 1 is 1.21 bits per heavy atom. The summed E-state index contributed by atoms with van der Waals surface area (Å²) in [6.07, 6.45) is 1.13. The molecule has 2 aromatic carbocycles. The summed E-state index contributed by atoms with van der Waals surface area (Å²) in [5.74, 6) is 1.15. The van der Waals surface area contributed by atoms with Crippen LogP contribution in [0.3, 0.4) is 0 Å². The van der Waals surface area contributed by atoms with Gasteiger partial charge in [-0.05, 0) is 42.7 Å². The molecule has 0 saturated carbocycles. The summed E-state index contributed by atoms with van der Waals surface area (Å²) in [5, 5.41) is 4.39. The summed E-state index contributed by atoms with van der Waals surface area (Å²) < 4.78 is 0. The minimum absolute atomic E-state index is 0.359. The van der Waals surface area contributed by atoms with Crippen molar-refractivity contribution < 1.29 is 0 Å². The third-order valence-electron chi connectivity index (χ3n) is 3.41. The van der Waals surface area contributed by atoms with Crippen LogP contribution in [0.4, 0.5) is 5.69 Å². The van der Waals surface area contributed by atoms with E-state index in [0.29, 0.717) is 6.04 Å². The first-order valence-corrected chi connectivity index (χ1v) is 7.85.